The lowest BCUT2D eigenvalue weighted by molar-refractivity contribution is -0.143. The quantitative estimate of drug-likeness (QED) is 0.796. The zero-order valence-electron chi connectivity index (χ0n) is 10.1. The molecule has 7 heteroatoms. The Morgan fingerprint density at radius 2 is 2.00 bits per heavy atom. The van der Waals surface area contributed by atoms with Gasteiger partial charge in [0.15, 0.2) is 0 Å². The van der Waals surface area contributed by atoms with Gasteiger partial charge in [-0.05, 0) is 12.1 Å². The van der Waals surface area contributed by atoms with E-state index < -0.39 is 12.3 Å². The van der Waals surface area contributed by atoms with Crippen LogP contribution in [0.3, 0.4) is 0 Å². The summed E-state index contributed by atoms with van der Waals surface area (Å²) in [6, 6.07) is 5.29. The van der Waals surface area contributed by atoms with Crippen molar-refractivity contribution < 1.29 is 13.6 Å². The van der Waals surface area contributed by atoms with Crippen molar-refractivity contribution in [3.63, 3.8) is 0 Å². The number of hydrogen-bond acceptors (Lipinski definition) is 4. The summed E-state index contributed by atoms with van der Waals surface area (Å²) in [6.45, 7) is 1.49. The minimum atomic E-state index is -2.94. The molecule has 1 fully saturated rings. The lowest BCUT2D eigenvalue weighted by Crippen LogP contribution is -2.50. The summed E-state index contributed by atoms with van der Waals surface area (Å²) >= 11 is 0. The van der Waals surface area contributed by atoms with E-state index in [1.165, 1.54) is 0 Å². The van der Waals surface area contributed by atoms with E-state index in [1.807, 2.05) is 11.0 Å². The van der Waals surface area contributed by atoms with Gasteiger partial charge in [0.05, 0.1) is 11.9 Å². The number of alkyl halides is 2. The largest absolute Gasteiger partial charge is 0.367 e. The van der Waals surface area contributed by atoms with E-state index in [2.05, 4.69) is 4.98 Å². The third-order valence-corrected chi connectivity index (χ3v) is 3.01. The summed E-state index contributed by atoms with van der Waals surface area (Å²) in [5, 5.41) is 8.65. The van der Waals surface area contributed by atoms with Gasteiger partial charge in [-0.2, -0.15) is 14.0 Å². The summed E-state index contributed by atoms with van der Waals surface area (Å²) in [4.78, 5) is 18.2. The first kappa shape index (κ1) is 13.2. The normalized spacial score (nSPS) is 15.5. The van der Waals surface area contributed by atoms with Crippen molar-refractivity contribution in [2.75, 3.05) is 31.1 Å². The van der Waals surface area contributed by atoms with E-state index in [-0.39, 0.29) is 13.1 Å². The summed E-state index contributed by atoms with van der Waals surface area (Å²) in [6.07, 6.45) is -1.37. The highest BCUT2D eigenvalue weighted by Gasteiger charge is 2.26. The van der Waals surface area contributed by atoms with E-state index >= 15 is 0 Å². The number of pyridine rings is 1. The Labute approximate surface area is 109 Å². The SMILES string of the molecule is N#Cc1ccc(N2CCN(C(=O)C(F)F)CC2)cn1. The number of rotatable bonds is 2. The Balaban J connectivity index is 1.96. The topological polar surface area (TPSA) is 60.2 Å². The smallest absolute Gasteiger partial charge is 0.315 e. The van der Waals surface area contributed by atoms with Gasteiger partial charge in [0.25, 0.3) is 5.91 Å². The molecule has 1 aliphatic rings. The molecule has 1 saturated heterocycles. The lowest BCUT2D eigenvalue weighted by Gasteiger charge is -2.35. The third-order valence-electron chi connectivity index (χ3n) is 3.01. The molecular weight excluding hydrogens is 254 g/mol. The number of nitriles is 1. The molecule has 1 aromatic rings. The second kappa shape index (κ2) is 5.61. The predicted octanol–water partition coefficient (Wildman–Crippen LogP) is 0.867. The van der Waals surface area contributed by atoms with Crippen molar-refractivity contribution in [1.82, 2.24) is 9.88 Å². The number of amides is 1. The van der Waals surface area contributed by atoms with Crippen molar-refractivity contribution in [3.8, 4) is 6.07 Å². The molecule has 0 aliphatic carbocycles. The standard InChI is InChI=1S/C12H12F2N4O/c13-11(14)12(19)18-5-3-17(4-6-18)10-2-1-9(7-15)16-8-10/h1-2,8,11H,3-6H2. The number of aromatic nitrogens is 1. The Bertz CT molecular complexity index is 489. The van der Waals surface area contributed by atoms with E-state index in [1.54, 1.807) is 18.3 Å². The highest BCUT2D eigenvalue weighted by Crippen LogP contribution is 2.16. The molecule has 5 nitrogen and oxygen atoms in total. The van der Waals surface area contributed by atoms with Gasteiger partial charge in [-0.25, -0.2) is 4.98 Å². The average Bonchev–Trinajstić information content (AvgIpc) is 2.46. The van der Waals surface area contributed by atoms with Gasteiger partial charge in [-0.1, -0.05) is 0 Å². The van der Waals surface area contributed by atoms with E-state index in [9.17, 15) is 13.6 Å². The van der Waals surface area contributed by atoms with Crippen LogP contribution in [0.5, 0.6) is 0 Å². The number of carbonyl (C=O) groups is 1. The first-order valence-corrected chi connectivity index (χ1v) is 5.80. The second-order valence-corrected chi connectivity index (χ2v) is 4.13. The number of nitrogens with zero attached hydrogens (tertiary/aromatic N) is 4. The Morgan fingerprint density at radius 3 is 2.47 bits per heavy atom. The summed E-state index contributed by atoms with van der Waals surface area (Å²) in [5.41, 5.74) is 1.15. The van der Waals surface area contributed by atoms with Crippen LogP contribution in [-0.4, -0.2) is 48.4 Å². The van der Waals surface area contributed by atoms with Gasteiger partial charge in [0.1, 0.15) is 11.8 Å². The van der Waals surface area contributed by atoms with E-state index in [0.717, 1.165) is 10.6 Å². The minimum absolute atomic E-state index is 0.267. The van der Waals surface area contributed by atoms with Gasteiger partial charge in [-0.15, -0.1) is 0 Å². The van der Waals surface area contributed by atoms with Crippen molar-refractivity contribution in [3.05, 3.63) is 24.0 Å². The first-order valence-electron chi connectivity index (χ1n) is 5.80. The molecule has 1 aliphatic heterocycles. The summed E-state index contributed by atoms with van der Waals surface area (Å²) in [5.74, 6) is -1.11. The maximum Gasteiger partial charge on any atom is 0.315 e. The fraction of sp³-hybridized carbons (Fsp3) is 0.417. The molecule has 0 unspecified atom stereocenters. The zero-order chi connectivity index (χ0) is 13.8. The number of anilines is 1. The molecule has 0 bridgehead atoms. The van der Waals surface area contributed by atoms with Crippen molar-refractivity contribution >= 4 is 11.6 Å². The molecule has 2 heterocycles. The number of piperazine rings is 1. The van der Waals surface area contributed by atoms with Crippen molar-refractivity contribution in [1.29, 1.82) is 5.26 Å². The molecule has 19 heavy (non-hydrogen) atoms. The van der Waals surface area contributed by atoms with Crippen molar-refractivity contribution in [2.45, 2.75) is 6.43 Å². The Hall–Kier alpha value is -2.23. The average molecular weight is 266 g/mol. The lowest BCUT2D eigenvalue weighted by atomic mass is 10.2. The third kappa shape index (κ3) is 2.96. The summed E-state index contributed by atoms with van der Waals surface area (Å²) < 4.78 is 24.5. The maximum atomic E-state index is 12.3. The molecule has 0 aromatic carbocycles. The molecule has 0 N–H and O–H groups in total. The zero-order valence-corrected chi connectivity index (χ0v) is 10.1. The Morgan fingerprint density at radius 1 is 1.32 bits per heavy atom. The first-order chi connectivity index (χ1) is 9.11. The molecule has 1 aromatic heterocycles. The van der Waals surface area contributed by atoms with Gasteiger partial charge >= 0.3 is 6.43 Å². The molecule has 0 atom stereocenters. The van der Waals surface area contributed by atoms with Crippen LogP contribution in [0.1, 0.15) is 5.69 Å². The molecule has 0 spiro atoms. The minimum Gasteiger partial charge on any atom is -0.367 e. The molecule has 1 amide bonds. The number of halogens is 2. The van der Waals surface area contributed by atoms with Crippen LogP contribution in [0.4, 0.5) is 14.5 Å². The van der Waals surface area contributed by atoms with Crippen LogP contribution in [0.2, 0.25) is 0 Å². The number of hydrogen-bond donors (Lipinski definition) is 0. The molecular formula is C12H12F2N4O. The fourth-order valence-corrected chi connectivity index (χ4v) is 1.96. The van der Waals surface area contributed by atoms with Crippen LogP contribution in [0.25, 0.3) is 0 Å². The van der Waals surface area contributed by atoms with Crippen LogP contribution in [0.15, 0.2) is 18.3 Å². The van der Waals surface area contributed by atoms with Crippen LogP contribution in [0, 0.1) is 11.3 Å². The van der Waals surface area contributed by atoms with E-state index in [4.69, 9.17) is 5.26 Å². The molecule has 2 rings (SSSR count). The molecule has 0 saturated carbocycles. The highest BCUT2D eigenvalue weighted by molar-refractivity contribution is 5.79. The van der Waals surface area contributed by atoms with Crippen LogP contribution >= 0.6 is 0 Å². The Kier molecular flexibility index (Phi) is 3.90. The molecule has 0 radical (unpaired) electrons. The second-order valence-electron chi connectivity index (χ2n) is 4.13. The van der Waals surface area contributed by atoms with Crippen LogP contribution in [-0.2, 0) is 4.79 Å². The van der Waals surface area contributed by atoms with E-state index in [0.29, 0.717) is 18.8 Å². The highest BCUT2D eigenvalue weighted by atomic mass is 19.3. The predicted molar refractivity (Wildman–Crippen MR) is 63.7 cm³/mol. The maximum absolute atomic E-state index is 12.3. The molecule has 100 valence electrons. The fourth-order valence-electron chi connectivity index (χ4n) is 1.96. The van der Waals surface area contributed by atoms with Gasteiger partial charge < -0.3 is 9.80 Å². The van der Waals surface area contributed by atoms with Crippen molar-refractivity contribution in [2.24, 2.45) is 0 Å². The number of carbonyl (C=O) groups excluding carboxylic acids is 1. The summed E-state index contributed by atoms with van der Waals surface area (Å²) in [7, 11) is 0. The van der Waals surface area contributed by atoms with Crippen LogP contribution < -0.4 is 4.90 Å². The van der Waals surface area contributed by atoms with Gasteiger partial charge in [-0.3, -0.25) is 4.79 Å². The van der Waals surface area contributed by atoms with Gasteiger partial charge in [0.2, 0.25) is 0 Å². The van der Waals surface area contributed by atoms with Gasteiger partial charge in [0, 0.05) is 26.2 Å². The monoisotopic (exact) mass is 266 g/mol.